The SMILES string of the molecule is Cc1cccc(OCCNCc2ccc(Br)c(C)c2)c1. The molecule has 2 aromatic carbocycles. The highest BCUT2D eigenvalue weighted by Gasteiger charge is 1.98. The largest absolute Gasteiger partial charge is 0.492 e. The molecule has 2 nitrogen and oxygen atoms in total. The van der Waals surface area contributed by atoms with E-state index in [2.05, 4.69) is 65.4 Å². The van der Waals surface area contributed by atoms with Crippen LogP contribution in [0.5, 0.6) is 5.75 Å². The van der Waals surface area contributed by atoms with Crippen molar-refractivity contribution >= 4 is 15.9 Å². The van der Waals surface area contributed by atoms with Crippen LogP contribution >= 0.6 is 15.9 Å². The molecule has 0 aliphatic rings. The van der Waals surface area contributed by atoms with E-state index in [0.717, 1.165) is 23.3 Å². The number of nitrogens with one attached hydrogen (secondary N) is 1. The van der Waals surface area contributed by atoms with Gasteiger partial charge in [-0.15, -0.1) is 0 Å². The lowest BCUT2D eigenvalue weighted by Crippen LogP contribution is -2.20. The van der Waals surface area contributed by atoms with Crippen LogP contribution in [0.4, 0.5) is 0 Å². The van der Waals surface area contributed by atoms with Crippen LogP contribution in [-0.4, -0.2) is 13.2 Å². The summed E-state index contributed by atoms with van der Waals surface area (Å²) in [5, 5.41) is 3.39. The van der Waals surface area contributed by atoms with Crippen LogP contribution in [0.1, 0.15) is 16.7 Å². The molecule has 1 N–H and O–H groups in total. The molecule has 0 saturated carbocycles. The average molecular weight is 334 g/mol. The van der Waals surface area contributed by atoms with Crippen LogP contribution in [0.3, 0.4) is 0 Å². The van der Waals surface area contributed by atoms with Gasteiger partial charge in [-0.05, 0) is 48.7 Å². The Labute approximate surface area is 129 Å². The van der Waals surface area contributed by atoms with Crippen molar-refractivity contribution in [1.82, 2.24) is 5.32 Å². The zero-order valence-corrected chi connectivity index (χ0v) is 13.5. The predicted octanol–water partition coefficient (Wildman–Crippen LogP) is 4.23. The van der Waals surface area contributed by atoms with Crippen LogP contribution in [0.15, 0.2) is 46.9 Å². The van der Waals surface area contributed by atoms with E-state index in [-0.39, 0.29) is 0 Å². The molecular weight excluding hydrogens is 314 g/mol. The minimum atomic E-state index is 0.680. The Hall–Kier alpha value is -1.32. The summed E-state index contributed by atoms with van der Waals surface area (Å²) < 4.78 is 6.85. The smallest absolute Gasteiger partial charge is 0.119 e. The minimum absolute atomic E-state index is 0.680. The molecule has 0 atom stereocenters. The first-order valence-electron chi connectivity index (χ1n) is 6.80. The summed E-state index contributed by atoms with van der Waals surface area (Å²) in [6.07, 6.45) is 0. The first kappa shape index (κ1) is 15.1. The number of rotatable bonds is 6. The number of hydrogen-bond donors (Lipinski definition) is 1. The number of ether oxygens (including phenoxy) is 1. The molecule has 0 bridgehead atoms. The highest BCUT2D eigenvalue weighted by molar-refractivity contribution is 9.10. The fourth-order valence-electron chi connectivity index (χ4n) is 2.00. The summed E-state index contributed by atoms with van der Waals surface area (Å²) in [4.78, 5) is 0. The lowest BCUT2D eigenvalue weighted by molar-refractivity contribution is 0.313. The molecule has 20 heavy (non-hydrogen) atoms. The van der Waals surface area contributed by atoms with Gasteiger partial charge in [0.05, 0.1) is 0 Å². The fourth-order valence-corrected chi connectivity index (χ4v) is 2.24. The maximum Gasteiger partial charge on any atom is 0.119 e. The van der Waals surface area contributed by atoms with Crippen LogP contribution in [0.2, 0.25) is 0 Å². The van der Waals surface area contributed by atoms with Crippen molar-refractivity contribution in [3.8, 4) is 5.75 Å². The lowest BCUT2D eigenvalue weighted by Gasteiger charge is -2.09. The Morgan fingerprint density at radius 3 is 2.70 bits per heavy atom. The molecule has 0 saturated heterocycles. The van der Waals surface area contributed by atoms with Crippen LogP contribution in [-0.2, 0) is 6.54 Å². The molecule has 0 aliphatic heterocycles. The number of benzene rings is 2. The van der Waals surface area contributed by atoms with Crippen molar-refractivity contribution < 1.29 is 4.74 Å². The lowest BCUT2D eigenvalue weighted by atomic mass is 10.1. The molecule has 2 aromatic rings. The molecule has 0 radical (unpaired) electrons. The van der Waals surface area contributed by atoms with E-state index >= 15 is 0 Å². The summed E-state index contributed by atoms with van der Waals surface area (Å²) in [6.45, 7) is 6.56. The molecule has 0 unspecified atom stereocenters. The van der Waals surface area contributed by atoms with E-state index in [1.165, 1.54) is 16.7 Å². The van der Waals surface area contributed by atoms with E-state index < -0.39 is 0 Å². The summed E-state index contributed by atoms with van der Waals surface area (Å²) in [7, 11) is 0. The summed E-state index contributed by atoms with van der Waals surface area (Å²) >= 11 is 3.51. The van der Waals surface area contributed by atoms with E-state index in [0.29, 0.717) is 6.61 Å². The number of hydrogen-bond acceptors (Lipinski definition) is 2. The normalized spacial score (nSPS) is 10.6. The second-order valence-corrected chi connectivity index (χ2v) is 5.78. The summed E-state index contributed by atoms with van der Waals surface area (Å²) in [6, 6.07) is 14.5. The Bertz CT molecular complexity index is 569. The third-order valence-electron chi connectivity index (χ3n) is 3.09. The maximum absolute atomic E-state index is 5.70. The van der Waals surface area contributed by atoms with Crippen LogP contribution in [0, 0.1) is 13.8 Å². The monoisotopic (exact) mass is 333 g/mol. The molecule has 0 spiro atoms. The number of halogens is 1. The Morgan fingerprint density at radius 1 is 1.10 bits per heavy atom. The maximum atomic E-state index is 5.70. The second-order valence-electron chi connectivity index (χ2n) is 4.93. The molecule has 0 aromatic heterocycles. The van der Waals surface area contributed by atoms with Gasteiger partial charge in [0.25, 0.3) is 0 Å². The summed E-state index contributed by atoms with van der Waals surface area (Å²) in [5.41, 5.74) is 3.78. The van der Waals surface area contributed by atoms with Gasteiger partial charge in [-0.3, -0.25) is 0 Å². The summed E-state index contributed by atoms with van der Waals surface area (Å²) in [5.74, 6) is 0.936. The highest BCUT2D eigenvalue weighted by Crippen LogP contribution is 2.17. The van der Waals surface area contributed by atoms with Gasteiger partial charge in [0.2, 0.25) is 0 Å². The van der Waals surface area contributed by atoms with Crippen molar-refractivity contribution in [3.63, 3.8) is 0 Å². The van der Waals surface area contributed by atoms with Crippen molar-refractivity contribution in [2.75, 3.05) is 13.2 Å². The Morgan fingerprint density at radius 2 is 1.95 bits per heavy atom. The van der Waals surface area contributed by atoms with Crippen LogP contribution in [0.25, 0.3) is 0 Å². The Balaban J connectivity index is 1.70. The van der Waals surface area contributed by atoms with Gasteiger partial charge in [0.1, 0.15) is 12.4 Å². The fraction of sp³-hybridized carbons (Fsp3) is 0.294. The van der Waals surface area contributed by atoms with Gasteiger partial charge >= 0.3 is 0 Å². The quantitative estimate of drug-likeness (QED) is 0.798. The zero-order chi connectivity index (χ0) is 14.4. The third kappa shape index (κ3) is 4.66. The van der Waals surface area contributed by atoms with E-state index in [1.807, 2.05) is 12.1 Å². The first-order valence-corrected chi connectivity index (χ1v) is 7.59. The standard InChI is InChI=1S/C17H20BrNO/c1-13-4-3-5-16(10-13)20-9-8-19-12-15-6-7-17(18)14(2)11-15/h3-7,10-11,19H,8-9,12H2,1-2H3. The Kier molecular flexibility index (Phi) is 5.62. The molecule has 2 rings (SSSR count). The van der Waals surface area contributed by atoms with E-state index in [1.54, 1.807) is 0 Å². The van der Waals surface area contributed by atoms with Gasteiger partial charge in [-0.25, -0.2) is 0 Å². The van der Waals surface area contributed by atoms with Gasteiger partial charge in [0.15, 0.2) is 0 Å². The third-order valence-corrected chi connectivity index (χ3v) is 3.98. The van der Waals surface area contributed by atoms with Gasteiger partial charge in [0, 0.05) is 17.6 Å². The molecule has 0 heterocycles. The molecule has 3 heteroatoms. The van der Waals surface area contributed by atoms with Crippen molar-refractivity contribution in [3.05, 3.63) is 63.6 Å². The predicted molar refractivity (Wildman–Crippen MR) is 87.3 cm³/mol. The molecule has 0 amide bonds. The topological polar surface area (TPSA) is 21.3 Å². The molecule has 0 aliphatic carbocycles. The van der Waals surface area contributed by atoms with Gasteiger partial charge in [-0.1, -0.05) is 40.2 Å². The van der Waals surface area contributed by atoms with Crippen molar-refractivity contribution in [2.24, 2.45) is 0 Å². The zero-order valence-electron chi connectivity index (χ0n) is 11.9. The van der Waals surface area contributed by atoms with E-state index in [9.17, 15) is 0 Å². The first-order chi connectivity index (χ1) is 9.65. The molecular formula is C17H20BrNO. The van der Waals surface area contributed by atoms with Crippen LogP contribution < -0.4 is 10.1 Å². The second kappa shape index (κ2) is 7.46. The minimum Gasteiger partial charge on any atom is -0.492 e. The average Bonchev–Trinajstić information content (AvgIpc) is 2.42. The van der Waals surface area contributed by atoms with Crippen molar-refractivity contribution in [1.29, 1.82) is 0 Å². The molecule has 106 valence electrons. The van der Waals surface area contributed by atoms with Crippen molar-refractivity contribution in [2.45, 2.75) is 20.4 Å². The van der Waals surface area contributed by atoms with Gasteiger partial charge in [-0.2, -0.15) is 0 Å². The molecule has 0 fully saturated rings. The van der Waals surface area contributed by atoms with E-state index in [4.69, 9.17) is 4.74 Å². The number of aryl methyl sites for hydroxylation is 2. The highest BCUT2D eigenvalue weighted by atomic mass is 79.9. The van der Waals surface area contributed by atoms with Gasteiger partial charge < -0.3 is 10.1 Å².